The maximum Gasteiger partial charge on any atom is 0.408 e. The first kappa shape index (κ1) is 14.0. The van der Waals surface area contributed by atoms with E-state index in [1.54, 1.807) is 39.1 Å². The molecule has 7 nitrogen and oxygen atoms in total. The van der Waals surface area contributed by atoms with Crippen LogP contribution in [0.1, 0.15) is 26.7 Å². The van der Waals surface area contributed by atoms with Gasteiger partial charge in [0.1, 0.15) is 17.8 Å². The number of rotatable bonds is 3. The molecule has 2 aromatic heterocycles. The number of carbonyl (C=O) groups excluding carboxylic acids is 1. The summed E-state index contributed by atoms with van der Waals surface area (Å²) in [5.41, 5.74) is 0.0673. The third-order valence-electron chi connectivity index (χ3n) is 2.14. The average Bonchev–Trinajstić information content (AvgIpc) is 2.84. The molecule has 0 unspecified atom stereocenters. The Hall–Kier alpha value is -2.44. The van der Waals surface area contributed by atoms with Crippen LogP contribution < -0.4 is 5.32 Å². The Balaban J connectivity index is 1.92. The van der Waals surface area contributed by atoms with Gasteiger partial charge in [0.05, 0.1) is 0 Å². The summed E-state index contributed by atoms with van der Waals surface area (Å²) >= 11 is 0. The predicted octanol–water partition coefficient (Wildman–Crippen LogP) is 2.16. The van der Waals surface area contributed by atoms with Crippen molar-refractivity contribution in [3.63, 3.8) is 0 Å². The molecular weight excluding hydrogens is 260 g/mol. The summed E-state index contributed by atoms with van der Waals surface area (Å²) in [6, 6.07) is 5.40. The van der Waals surface area contributed by atoms with E-state index in [0.29, 0.717) is 11.5 Å². The second kappa shape index (κ2) is 5.68. The fourth-order valence-electron chi connectivity index (χ4n) is 1.39. The summed E-state index contributed by atoms with van der Waals surface area (Å²) in [5.74, 6) is 0.670. The topological polar surface area (TPSA) is 90.1 Å². The standard InChI is InChI=1S/C13H16N4O3/c1-13(2,3)19-12(18)15-8-10-16-11(17-20-10)9-6-4-5-7-14-9/h4-7H,8H2,1-3H3,(H,15,18). The lowest BCUT2D eigenvalue weighted by Crippen LogP contribution is -2.32. The van der Waals surface area contributed by atoms with E-state index in [2.05, 4.69) is 20.4 Å². The van der Waals surface area contributed by atoms with Crippen molar-refractivity contribution in [3.8, 4) is 11.5 Å². The Labute approximate surface area is 116 Å². The van der Waals surface area contributed by atoms with Crippen LogP contribution in [0.25, 0.3) is 11.5 Å². The van der Waals surface area contributed by atoms with E-state index in [1.807, 2.05) is 6.07 Å². The van der Waals surface area contributed by atoms with E-state index in [4.69, 9.17) is 9.26 Å². The minimum atomic E-state index is -0.544. The van der Waals surface area contributed by atoms with Crippen molar-refractivity contribution < 1.29 is 14.1 Å². The first-order chi connectivity index (χ1) is 9.44. The predicted molar refractivity (Wildman–Crippen MR) is 70.6 cm³/mol. The summed E-state index contributed by atoms with van der Waals surface area (Å²) in [6.45, 7) is 5.48. The third kappa shape index (κ3) is 4.04. The molecule has 0 saturated heterocycles. The summed E-state index contributed by atoms with van der Waals surface area (Å²) < 4.78 is 10.1. The second-order valence-corrected chi connectivity index (χ2v) is 5.08. The number of hydrogen-bond donors (Lipinski definition) is 1. The molecule has 0 atom stereocenters. The zero-order valence-electron chi connectivity index (χ0n) is 11.6. The quantitative estimate of drug-likeness (QED) is 0.923. The minimum Gasteiger partial charge on any atom is -0.444 e. The molecular formula is C13H16N4O3. The van der Waals surface area contributed by atoms with Gasteiger partial charge in [-0.15, -0.1) is 0 Å². The molecule has 2 rings (SSSR count). The van der Waals surface area contributed by atoms with Crippen LogP contribution in [0.3, 0.4) is 0 Å². The van der Waals surface area contributed by atoms with Gasteiger partial charge < -0.3 is 14.6 Å². The van der Waals surface area contributed by atoms with E-state index in [1.165, 1.54) is 0 Å². The van der Waals surface area contributed by atoms with Gasteiger partial charge in [0.25, 0.3) is 0 Å². The van der Waals surface area contributed by atoms with Crippen LogP contribution in [0.2, 0.25) is 0 Å². The lowest BCUT2D eigenvalue weighted by Gasteiger charge is -2.19. The van der Waals surface area contributed by atoms with E-state index >= 15 is 0 Å². The van der Waals surface area contributed by atoms with Crippen molar-refractivity contribution in [3.05, 3.63) is 30.3 Å². The van der Waals surface area contributed by atoms with Crippen LogP contribution in [-0.4, -0.2) is 26.8 Å². The first-order valence-corrected chi connectivity index (χ1v) is 6.15. The van der Waals surface area contributed by atoms with Crippen LogP contribution in [-0.2, 0) is 11.3 Å². The summed E-state index contributed by atoms with van der Waals surface area (Å²) in [5, 5.41) is 6.34. The van der Waals surface area contributed by atoms with Crippen LogP contribution in [0.15, 0.2) is 28.9 Å². The Bertz CT molecular complexity index is 575. The van der Waals surface area contributed by atoms with Gasteiger partial charge in [0.15, 0.2) is 0 Å². The number of amides is 1. The molecule has 0 radical (unpaired) electrons. The van der Waals surface area contributed by atoms with Crippen molar-refractivity contribution in [1.82, 2.24) is 20.4 Å². The molecule has 0 bridgehead atoms. The molecule has 2 heterocycles. The van der Waals surface area contributed by atoms with E-state index in [0.717, 1.165) is 0 Å². The van der Waals surface area contributed by atoms with E-state index in [9.17, 15) is 4.79 Å². The lowest BCUT2D eigenvalue weighted by atomic mass is 10.2. The molecule has 0 aliphatic heterocycles. The highest BCUT2D eigenvalue weighted by Gasteiger charge is 2.17. The number of aromatic nitrogens is 3. The maximum absolute atomic E-state index is 11.5. The van der Waals surface area contributed by atoms with Crippen molar-refractivity contribution >= 4 is 6.09 Å². The number of nitrogens with one attached hydrogen (secondary N) is 1. The molecule has 0 spiro atoms. The normalized spacial score (nSPS) is 11.2. The van der Waals surface area contributed by atoms with Gasteiger partial charge in [-0.1, -0.05) is 11.2 Å². The highest BCUT2D eigenvalue weighted by molar-refractivity contribution is 5.67. The van der Waals surface area contributed by atoms with Gasteiger partial charge >= 0.3 is 6.09 Å². The second-order valence-electron chi connectivity index (χ2n) is 5.08. The highest BCUT2D eigenvalue weighted by Crippen LogP contribution is 2.12. The van der Waals surface area contributed by atoms with Gasteiger partial charge in [-0.25, -0.2) is 4.79 Å². The first-order valence-electron chi connectivity index (χ1n) is 6.15. The Kier molecular flexibility index (Phi) is 3.97. The number of pyridine rings is 1. The molecule has 0 aromatic carbocycles. The number of carbonyl (C=O) groups is 1. The van der Waals surface area contributed by atoms with E-state index in [-0.39, 0.29) is 12.4 Å². The zero-order valence-corrected chi connectivity index (χ0v) is 11.6. The number of alkyl carbamates (subject to hydrolysis) is 1. The van der Waals surface area contributed by atoms with Gasteiger partial charge in [-0.2, -0.15) is 4.98 Å². The van der Waals surface area contributed by atoms with Gasteiger partial charge in [-0.3, -0.25) is 4.98 Å². The molecule has 1 amide bonds. The van der Waals surface area contributed by atoms with Crippen molar-refractivity contribution in [1.29, 1.82) is 0 Å². The average molecular weight is 276 g/mol. The van der Waals surface area contributed by atoms with Crippen molar-refractivity contribution in [2.24, 2.45) is 0 Å². The molecule has 106 valence electrons. The van der Waals surface area contributed by atoms with Crippen molar-refractivity contribution in [2.75, 3.05) is 0 Å². The van der Waals surface area contributed by atoms with Crippen LogP contribution in [0, 0.1) is 0 Å². The molecule has 2 aromatic rings. The third-order valence-corrected chi connectivity index (χ3v) is 2.14. The largest absolute Gasteiger partial charge is 0.444 e. The van der Waals surface area contributed by atoms with E-state index < -0.39 is 11.7 Å². The molecule has 0 aliphatic carbocycles. The minimum absolute atomic E-state index is 0.106. The number of ether oxygens (including phenoxy) is 1. The molecule has 0 saturated carbocycles. The fraction of sp³-hybridized carbons (Fsp3) is 0.385. The zero-order chi connectivity index (χ0) is 14.6. The van der Waals surface area contributed by atoms with Crippen LogP contribution in [0.5, 0.6) is 0 Å². The summed E-state index contributed by atoms with van der Waals surface area (Å²) in [7, 11) is 0. The van der Waals surface area contributed by atoms with Gasteiger partial charge in [0.2, 0.25) is 11.7 Å². The Morgan fingerprint density at radius 1 is 1.40 bits per heavy atom. The Morgan fingerprint density at radius 3 is 2.85 bits per heavy atom. The van der Waals surface area contributed by atoms with Crippen LogP contribution >= 0.6 is 0 Å². The number of hydrogen-bond acceptors (Lipinski definition) is 6. The SMILES string of the molecule is CC(C)(C)OC(=O)NCc1nc(-c2ccccn2)no1. The monoisotopic (exact) mass is 276 g/mol. The fourth-order valence-corrected chi connectivity index (χ4v) is 1.39. The van der Waals surface area contributed by atoms with Gasteiger partial charge in [0, 0.05) is 6.20 Å². The summed E-state index contributed by atoms with van der Waals surface area (Å²) in [4.78, 5) is 19.7. The number of nitrogens with zero attached hydrogens (tertiary/aromatic N) is 3. The van der Waals surface area contributed by atoms with Crippen molar-refractivity contribution in [2.45, 2.75) is 32.9 Å². The maximum atomic E-state index is 11.5. The van der Waals surface area contributed by atoms with Gasteiger partial charge in [-0.05, 0) is 32.9 Å². The Morgan fingerprint density at radius 2 is 2.20 bits per heavy atom. The molecule has 20 heavy (non-hydrogen) atoms. The van der Waals surface area contributed by atoms with Crippen LogP contribution in [0.4, 0.5) is 4.79 Å². The smallest absolute Gasteiger partial charge is 0.408 e. The lowest BCUT2D eigenvalue weighted by molar-refractivity contribution is 0.0518. The highest BCUT2D eigenvalue weighted by atomic mass is 16.6. The molecule has 0 fully saturated rings. The molecule has 7 heteroatoms. The molecule has 0 aliphatic rings. The molecule has 1 N–H and O–H groups in total. The summed E-state index contributed by atoms with van der Waals surface area (Å²) in [6.07, 6.45) is 1.11.